The number of alkyl carbamates (subject to hydrolysis) is 1. The zero-order valence-corrected chi connectivity index (χ0v) is 25.7. The first-order chi connectivity index (χ1) is 21.9. The van der Waals surface area contributed by atoms with Crippen molar-refractivity contribution in [3.63, 3.8) is 0 Å². The molecule has 0 aromatic rings. The maximum absolute atomic E-state index is 17.2. The minimum absolute atomic E-state index is 0.161. The number of fused-ring (bicyclic) bond motifs is 5. The summed E-state index contributed by atoms with van der Waals surface area (Å²) in [6.45, 7) is 0.273. The summed E-state index contributed by atoms with van der Waals surface area (Å²) in [6.07, 6.45) is -1.88. The molecule has 0 radical (unpaired) electrons. The van der Waals surface area contributed by atoms with Gasteiger partial charge in [0.1, 0.15) is 19.3 Å². The monoisotopic (exact) mass is 677 g/mol. The van der Waals surface area contributed by atoms with Gasteiger partial charge < -0.3 is 30.1 Å². The Labute approximate surface area is 267 Å². The third-order valence-corrected chi connectivity index (χ3v) is 10.3. The van der Waals surface area contributed by atoms with Crippen LogP contribution in [0.2, 0.25) is 0 Å². The van der Waals surface area contributed by atoms with E-state index in [0.29, 0.717) is 12.0 Å². The van der Waals surface area contributed by atoms with Crippen molar-refractivity contribution in [2.45, 2.75) is 75.5 Å². The number of carbonyl (C=O) groups excluding carboxylic acids is 4. The summed E-state index contributed by atoms with van der Waals surface area (Å²) < 4.78 is 26.9. The van der Waals surface area contributed by atoms with E-state index in [1.165, 1.54) is 25.2 Å². The summed E-state index contributed by atoms with van der Waals surface area (Å²) in [7, 11) is 0. The maximum Gasteiger partial charge on any atom is 0.407 e. The van der Waals surface area contributed by atoms with Crippen molar-refractivity contribution in [2.75, 3.05) is 26.4 Å². The van der Waals surface area contributed by atoms with Crippen LogP contribution in [0.15, 0.2) is 23.8 Å². The van der Waals surface area contributed by atoms with E-state index in [1.807, 2.05) is 5.32 Å². The van der Waals surface area contributed by atoms with E-state index in [2.05, 4.69) is 9.68 Å². The molecule has 3 fully saturated rings. The molecule has 18 nitrogen and oxygen atoms in total. The SMILES string of the molecule is C[C@]12C=CC(=O)C=C1CC[C@H]1[C@@H]3C[C@@H](O)[C@](O)(C(=O)COC(=O)CNC(=O)OCCC(CON(O)O)ON(O)O)[C@@]3(C)C[C@H](O)[C@@]12F. The van der Waals surface area contributed by atoms with E-state index >= 15 is 4.39 Å². The highest BCUT2D eigenvalue weighted by Crippen LogP contribution is 2.69. The standard InChI is InChI=1S/C28H40FN3O15/c1-25-7-5-16(33)9-15(25)3-4-18-19-10-20(34)28(39,26(19,2)11-21(35)27(18,25)29)22(36)14-45-23(37)12-30-24(38)44-8-6-17(47-32(42)43)13-46-31(40)41/h5,7,9,17-21,34-35,39-43H,3-4,6,8,10-14H2,1-2H3,(H,30,38)/t17?,18-,19-,20+,21-,25-,26-,27-,28-/m0/s1. The average molecular weight is 678 g/mol. The molecule has 0 aliphatic heterocycles. The number of aliphatic hydroxyl groups excluding tert-OH is 2. The van der Waals surface area contributed by atoms with Crippen molar-refractivity contribution in [3.05, 3.63) is 23.8 Å². The van der Waals surface area contributed by atoms with Crippen LogP contribution < -0.4 is 5.32 Å². The predicted octanol–water partition coefficient (Wildman–Crippen LogP) is -0.320. The molecule has 264 valence electrons. The number of hydrogen-bond donors (Lipinski definition) is 8. The highest BCUT2D eigenvalue weighted by molar-refractivity contribution is 6.01. The lowest BCUT2D eigenvalue weighted by Crippen LogP contribution is -2.69. The number of hydrogen-bond acceptors (Lipinski definition) is 17. The molecule has 0 bridgehead atoms. The topological polar surface area (TPSA) is 265 Å². The van der Waals surface area contributed by atoms with E-state index in [-0.39, 0.29) is 25.0 Å². The first-order valence-corrected chi connectivity index (χ1v) is 14.9. The molecule has 1 unspecified atom stereocenters. The van der Waals surface area contributed by atoms with Crippen LogP contribution >= 0.6 is 0 Å². The molecule has 19 heteroatoms. The molecule has 4 aliphatic rings. The quantitative estimate of drug-likeness (QED) is 0.0917. The zero-order valence-electron chi connectivity index (χ0n) is 25.7. The van der Waals surface area contributed by atoms with Crippen LogP contribution in [-0.4, -0.2) is 127 Å². The Morgan fingerprint density at radius 2 is 1.79 bits per heavy atom. The predicted molar refractivity (Wildman–Crippen MR) is 146 cm³/mol. The molecule has 1 amide bonds. The molecular formula is C28H40FN3O15. The van der Waals surface area contributed by atoms with Gasteiger partial charge in [-0.25, -0.2) is 18.9 Å². The molecule has 0 heterocycles. The van der Waals surface area contributed by atoms with Gasteiger partial charge in [-0.1, -0.05) is 18.6 Å². The molecule has 3 saturated carbocycles. The second-order valence-corrected chi connectivity index (χ2v) is 12.7. The Balaban J connectivity index is 1.33. The minimum Gasteiger partial charge on any atom is -0.456 e. The molecule has 4 rings (SSSR count). The summed E-state index contributed by atoms with van der Waals surface area (Å²) in [5.74, 6) is -4.11. The van der Waals surface area contributed by atoms with Crippen molar-refractivity contribution in [1.29, 1.82) is 0 Å². The van der Waals surface area contributed by atoms with Gasteiger partial charge in [0.05, 0.1) is 29.6 Å². The van der Waals surface area contributed by atoms with E-state index in [9.17, 15) is 34.5 Å². The van der Waals surface area contributed by atoms with Gasteiger partial charge in [0.25, 0.3) is 0 Å². The van der Waals surface area contributed by atoms with E-state index in [0.717, 1.165) is 0 Å². The first-order valence-electron chi connectivity index (χ1n) is 14.9. The number of nitrogens with zero attached hydrogens (tertiary/aromatic N) is 2. The number of carbonyl (C=O) groups is 4. The summed E-state index contributed by atoms with van der Waals surface area (Å²) >= 11 is 0. The summed E-state index contributed by atoms with van der Waals surface area (Å²) in [5.41, 5.74) is -7.03. The number of esters is 1. The van der Waals surface area contributed by atoms with Gasteiger partial charge in [-0.2, -0.15) is 0 Å². The number of alkyl halides is 1. The zero-order chi connectivity index (χ0) is 34.9. The van der Waals surface area contributed by atoms with Gasteiger partial charge in [-0.15, -0.1) is 0 Å². The fourth-order valence-electron chi connectivity index (χ4n) is 7.96. The van der Waals surface area contributed by atoms with Crippen LogP contribution in [0, 0.1) is 22.7 Å². The lowest BCUT2D eigenvalue weighted by molar-refractivity contribution is -0.527. The van der Waals surface area contributed by atoms with Crippen molar-refractivity contribution in [2.24, 2.45) is 22.7 Å². The normalized spacial score (nSPS) is 36.7. The Bertz CT molecular complexity index is 1300. The average Bonchev–Trinajstić information content (AvgIpc) is 3.19. The van der Waals surface area contributed by atoms with Crippen molar-refractivity contribution in [1.82, 2.24) is 16.1 Å². The van der Waals surface area contributed by atoms with Gasteiger partial charge in [-0.3, -0.25) is 35.2 Å². The summed E-state index contributed by atoms with van der Waals surface area (Å²) in [6, 6.07) is 0. The number of aliphatic hydroxyl groups is 3. The molecule has 0 spiro atoms. The van der Waals surface area contributed by atoms with Gasteiger partial charge in [0.15, 0.2) is 23.7 Å². The second kappa shape index (κ2) is 13.9. The Morgan fingerprint density at radius 3 is 2.45 bits per heavy atom. The third-order valence-electron chi connectivity index (χ3n) is 10.3. The van der Waals surface area contributed by atoms with Crippen LogP contribution in [0.3, 0.4) is 0 Å². The summed E-state index contributed by atoms with van der Waals surface area (Å²) in [4.78, 5) is 58.4. The van der Waals surface area contributed by atoms with Crippen molar-refractivity contribution in [3.8, 4) is 0 Å². The highest BCUT2D eigenvalue weighted by atomic mass is 19.1. The lowest BCUT2D eigenvalue weighted by Gasteiger charge is -2.62. The molecule has 8 N–H and O–H groups in total. The van der Waals surface area contributed by atoms with Gasteiger partial charge in [-0.05, 0) is 50.7 Å². The minimum atomic E-state index is -2.51. The second-order valence-electron chi connectivity index (χ2n) is 12.7. The third kappa shape index (κ3) is 6.70. The number of Topliss-reactive ketones (excluding diaryl/α,β-unsaturated/α-hetero) is 1. The molecule has 47 heavy (non-hydrogen) atoms. The summed E-state index contributed by atoms with van der Waals surface area (Å²) in [5, 5.41) is 69.4. The largest absolute Gasteiger partial charge is 0.456 e. The number of halogens is 1. The van der Waals surface area contributed by atoms with Crippen LogP contribution in [-0.2, 0) is 33.5 Å². The Morgan fingerprint density at radius 1 is 1.09 bits per heavy atom. The number of allylic oxidation sites excluding steroid dienone is 4. The Hall–Kier alpha value is -2.95. The van der Waals surface area contributed by atoms with Gasteiger partial charge >= 0.3 is 12.1 Å². The van der Waals surface area contributed by atoms with Crippen LogP contribution in [0.25, 0.3) is 0 Å². The van der Waals surface area contributed by atoms with Crippen molar-refractivity contribution < 1.29 is 78.9 Å². The molecule has 0 saturated heterocycles. The molecule has 0 aromatic carbocycles. The smallest absolute Gasteiger partial charge is 0.407 e. The van der Waals surface area contributed by atoms with E-state index in [1.54, 1.807) is 6.92 Å². The number of ether oxygens (including phenoxy) is 2. The highest BCUT2D eigenvalue weighted by Gasteiger charge is 2.76. The number of nitrogens with one attached hydrogen (secondary N) is 1. The fraction of sp³-hybridized carbons (Fsp3) is 0.714. The molecule has 9 atom stereocenters. The van der Waals surface area contributed by atoms with Crippen LogP contribution in [0.4, 0.5) is 9.18 Å². The number of rotatable bonds is 13. The van der Waals surface area contributed by atoms with E-state index < -0.39 is 114 Å². The van der Waals surface area contributed by atoms with Crippen molar-refractivity contribution >= 4 is 23.6 Å². The number of amides is 1. The molecule has 0 aromatic heterocycles. The van der Waals surface area contributed by atoms with Gasteiger partial charge in [0, 0.05) is 23.2 Å². The molecule has 4 aliphatic carbocycles. The maximum atomic E-state index is 17.2. The lowest BCUT2D eigenvalue weighted by atomic mass is 9.44. The Kier molecular flexibility index (Phi) is 10.9. The number of ketones is 2. The van der Waals surface area contributed by atoms with Crippen LogP contribution in [0.5, 0.6) is 0 Å². The first kappa shape index (κ1) is 36.9. The van der Waals surface area contributed by atoms with Gasteiger partial charge in [0.2, 0.25) is 5.78 Å². The molecular weight excluding hydrogens is 637 g/mol. The van der Waals surface area contributed by atoms with Crippen LogP contribution in [0.1, 0.15) is 46.0 Å². The van der Waals surface area contributed by atoms with E-state index in [4.69, 9.17) is 30.3 Å². The fourth-order valence-corrected chi connectivity index (χ4v) is 7.96.